The van der Waals surface area contributed by atoms with E-state index in [9.17, 15) is 9.59 Å². The second-order valence-corrected chi connectivity index (χ2v) is 3.52. The van der Waals surface area contributed by atoms with Gasteiger partial charge in [-0.1, -0.05) is 12.2 Å². The molecule has 0 radical (unpaired) electrons. The van der Waals surface area contributed by atoms with Crippen molar-refractivity contribution in [2.24, 2.45) is 0 Å². The molecule has 0 atom stereocenters. The van der Waals surface area contributed by atoms with Gasteiger partial charge in [-0.05, 0) is 6.42 Å². The van der Waals surface area contributed by atoms with E-state index >= 15 is 0 Å². The lowest BCUT2D eigenvalue weighted by atomic mass is 10.2. The zero-order valence-electron chi connectivity index (χ0n) is 8.55. The zero-order chi connectivity index (χ0) is 11.5. The van der Waals surface area contributed by atoms with Gasteiger partial charge in [0.15, 0.2) is 5.76 Å². The number of hydrogen-bond acceptors (Lipinski definition) is 3. The first-order valence-electron chi connectivity index (χ1n) is 4.94. The molecule has 1 aliphatic rings. The quantitative estimate of drug-likeness (QED) is 0.766. The summed E-state index contributed by atoms with van der Waals surface area (Å²) in [6.45, 7) is 1.18. The summed E-state index contributed by atoms with van der Waals surface area (Å²) in [5.74, 6) is -1.29. The summed E-state index contributed by atoms with van der Waals surface area (Å²) in [4.78, 5) is 24.1. The van der Waals surface area contributed by atoms with Gasteiger partial charge in [-0.25, -0.2) is 4.79 Å². The maximum absolute atomic E-state index is 11.8. The van der Waals surface area contributed by atoms with Crippen LogP contribution in [-0.2, 0) is 0 Å². The first-order valence-corrected chi connectivity index (χ1v) is 4.94. The van der Waals surface area contributed by atoms with Gasteiger partial charge in [0.25, 0.3) is 5.91 Å². The van der Waals surface area contributed by atoms with Gasteiger partial charge in [-0.15, -0.1) is 0 Å². The largest absolute Gasteiger partial charge is 0.478 e. The number of nitrogens with zero attached hydrogens (tertiary/aromatic N) is 1. The molecule has 0 spiro atoms. The molecule has 2 heterocycles. The van der Waals surface area contributed by atoms with Gasteiger partial charge in [-0.2, -0.15) is 0 Å². The van der Waals surface area contributed by atoms with Crippen molar-refractivity contribution in [1.29, 1.82) is 0 Å². The van der Waals surface area contributed by atoms with Crippen LogP contribution in [0.5, 0.6) is 0 Å². The van der Waals surface area contributed by atoms with E-state index in [0.29, 0.717) is 13.1 Å². The van der Waals surface area contributed by atoms with Crippen LogP contribution in [0.3, 0.4) is 0 Å². The van der Waals surface area contributed by atoms with Gasteiger partial charge in [-0.3, -0.25) is 4.79 Å². The average molecular weight is 221 g/mol. The molecule has 0 unspecified atom stereocenters. The van der Waals surface area contributed by atoms with Gasteiger partial charge in [0, 0.05) is 19.2 Å². The summed E-state index contributed by atoms with van der Waals surface area (Å²) in [6, 6.07) is 1.25. The van der Waals surface area contributed by atoms with Crippen LogP contribution in [0.4, 0.5) is 0 Å². The van der Waals surface area contributed by atoms with Gasteiger partial charge >= 0.3 is 5.97 Å². The van der Waals surface area contributed by atoms with Crippen molar-refractivity contribution in [1.82, 2.24) is 4.90 Å². The van der Waals surface area contributed by atoms with E-state index in [1.807, 2.05) is 12.2 Å². The molecule has 1 N–H and O–H groups in total. The van der Waals surface area contributed by atoms with Crippen LogP contribution in [0.25, 0.3) is 0 Å². The van der Waals surface area contributed by atoms with E-state index in [2.05, 4.69) is 0 Å². The molecule has 0 saturated heterocycles. The number of rotatable bonds is 2. The van der Waals surface area contributed by atoms with Crippen LogP contribution in [0.15, 0.2) is 28.9 Å². The minimum Gasteiger partial charge on any atom is -0.478 e. The summed E-state index contributed by atoms with van der Waals surface area (Å²) in [5.41, 5.74) is -0.00379. The predicted octanol–water partition coefficient (Wildman–Crippen LogP) is 1.38. The molecule has 1 aromatic rings. The molecule has 0 bridgehead atoms. The van der Waals surface area contributed by atoms with E-state index < -0.39 is 5.97 Å². The summed E-state index contributed by atoms with van der Waals surface area (Å²) in [6.07, 6.45) is 5.81. The third-order valence-corrected chi connectivity index (χ3v) is 2.40. The lowest BCUT2D eigenvalue weighted by Crippen LogP contribution is -2.33. The molecule has 1 aromatic heterocycles. The highest BCUT2D eigenvalue weighted by atomic mass is 16.4. The molecule has 0 aromatic carbocycles. The molecular formula is C11H11NO4. The molecule has 0 fully saturated rings. The average Bonchev–Trinajstić information content (AvgIpc) is 2.78. The number of carboxylic acid groups (broad SMARTS) is 1. The van der Waals surface area contributed by atoms with Crippen LogP contribution in [0.2, 0.25) is 0 Å². The van der Waals surface area contributed by atoms with Gasteiger partial charge in [0.2, 0.25) is 0 Å². The Kier molecular flexibility index (Phi) is 2.76. The second kappa shape index (κ2) is 4.22. The highest BCUT2D eigenvalue weighted by Gasteiger charge is 2.20. The summed E-state index contributed by atoms with van der Waals surface area (Å²) in [5, 5.41) is 8.69. The molecule has 2 rings (SSSR count). The van der Waals surface area contributed by atoms with Crippen LogP contribution >= 0.6 is 0 Å². The SMILES string of the molecule is O=C(O)c1coc(C(=O)N2CC=CCC2)c1. The van der Waals surface area contributed by atoms with Crippen molar-refractivity contribution in [2.75, 3.05) is 13.1 Å². The fraction of sp³-hybridized carbons (Fsp3) is 0.273. The second-order valence-electron chi connectivity index (χ2n) is 3.52. The minimum absolute atomic E-state index is 0.00379. The van der Waals surface area contributed by atoms with Gasteiger partial charge in [0.05, 0.1) is 5.56 Å². The Balaban J connectivity index is 2.14. The third kappa shape index (κ3) is 1.98. The summed E-state index contributed by atoms with van der Waals surface area (Å²) < 4.78 is 4.94. The minimum atomic E-state index is -1.10. The van der Waals surface area contributed by atoms with Crippen molar-refractivity contribution < 1.29 is 19.1 Å². The standard InChI is InChI=1S/C11H11NO4/c13-10(12-4-2-1-3-5-12)9-6-8(7-16-9)11(14)15/h1-2,6-7H,3-5H2,(H,14,15). The van der Waals surface area contributed by atoms with Crippen LogP contribution in [0, 0.1) is 0 Å². The molecule has 5 nitrogen and oxygen atoms in total. The molecule has 84 valence electrons. The molecular weight excluding hydrogens is 210 g/mol. The normalized spacial score (nSPS) is 15.1. The van der Waals surface area contributed by atoms with Crippen molar-refractivity contribution in [3.05, 3.63) is 35.8 Å². The molecule has 5 heteroatoms. The highest BCUT2D eigenvalue weighted by Crippen LogP contribution is 2.12. The van der Waals surface area contributed by atoms with Crippen molar-refractivity contribution in [2.45, 2.75) is 6.42 Å². The molecule has 0 aliphatic carbocycles. The topological polar surface area (TPSA) is 70.7 Å². The maximum Gasteiger partial charge on any atom is 0.338 e. The van der Waals surface area contributed by atoms with E-state index in [1.165, 1.54) is 6.07 Å². The number of aromatic carboxylic acids is 1. The number of carbonyl (C=O) groups is 2. The first-order chi connectivity index (χ1) is 7.68. The van der Waals surface area contributed by atoms with Crippen molar-refractivity contribution >= 4 is 11.9 Å². The number of hydrogen-bond donors (Lipinski definition) is 1. The van der Waals surface area contributed by atoms with E-state index in [4.69, 9.17) is 9.52 Å². The van der Waals surface area contributed by atoms with Gasteiger partial charge in [0.1, 0.15) is 6.26 Å². The monoisotopic (exact) mass is 221 g/mol. The first kappa shape index (κ1) is 10.5. The Morgan fingerprint density at radius 3 is 2.75 bits per heavy atom. The summed E-state index contributed by atoms with van der Waals surface area (Å²) >= 11 is 0. The fourth-order valence-corrected chi connectivity index (χ4v) is 1.54. The van der Waals surface area contributed by atoms with Crippen LogP contribution < -0.4 is 0 Å². The molecule has 1 amide bonds. The van der Waals surface area contributed by atoms with Crippen LogP contribution in [0.1, 0.15) is 27.3 Å². The Bertz CT molecular complexity index is 447. The molecule has 1 aliphatic heterocycles. The number of amides is 1. The van der Waals surface area contributed by atoms with E-state index in [0.717, 1.165) is 12.7 Å². The number of furan rings is 1. The van der Waals surface area contributed by atoms with Gasteiger partial charge < -0.3 is 14.4 Å². The number of carboxylic acids is 1. The maximum atomic E-state index is 11.8. The predicted molar refractivity (Wildman–Crippen MR) is 55.3 cm³/mol. The Hall–Kier alpha value is -2.04. The fourth-order valence-electron chi connectivity index (χ4n) is 1.54. The Morgan fingerprint density at radius 2 is 2.19 bits per heavy atom. The Morgan fingerprint density at radius 1 is 1.38 bits per heavy atom. The molecule has 16 heavy (non-hydrogen) atoms. The lowest BCUT2D eigenvalue weighted by Gasteiger charge is -2.21. The van der Waals surface area contributed by atoms with E-state index in [1.54, 1.807) is 4.90 Å². The number of carbonyl (C=O) groups excluding carboxylic acids is 1. The highest BCUT2D eigenvalue weighted by molar-refractivity contribution is 5.95. The van der Waals surface area contributed by atoms with Crippen LogP contribution in [-0.4, -0.2) is 35.0 Å². The zero-order valence-corrected chi connectivity index (χ0v) is 8.55. The third-order valence-electron chi connectivity index (χ3n) is 2.40. The van der Waals surface area contributed by atoms with Crippen molar-refractivity contribution in [3.8, 4) is 0 Å². The summed E-state index contributed by atoms with van der Waals surface area (Å²) in [7, 11) is 0. The van der Waals surface area contributed by atoms with Crippen molar-refractivity contribution in [3.63, 3.8) is 0 Å². The smallest absolute Gasteiger partial charge is 0.338 e. The van der Waals surface area contributed by atoms with E-state index in [-0.39, 0.29) is 17.2 Å². The lowest BCUT2D eigenvalue weighted by molar-refractivity contribution is 0.0694. The Labute approximate surface area is 92.0 Å². The molecule has 0 saturated carbocycles.